The van der Waals surface area contributed by atoms with Crippen LogP contribution in [0.2, 0.25) is 0 Å². The second-order valence-electron chi connectivity index (χ2n) is 8.70. The van der Waals surface area contributed by atoms with Crippen LogP contribution in [0.25, 0.3) is 28.0 Å². The normalized spacial score (nSPS) is 11.1. The molecular weight excluding hydrogens is 474 g/mol. The molecule has 0 radical (unpaired) electrons. The Morgan fingerprint density at radius 1 is 1.00 bits per heavy atom. The highest BCUT2D eigenvalue weighted by atomic mass is 16.6. The molecule has 2 aromatic heterocycles. The van der Waals surface area contributed by atoms with Gasteiger partial charge in [-0.05, 0) is 66.1 Å². The number of nitrogens with one attached hydrogen (secondary N) is 1. The molecule has 5 aromatic rings. The van der Waals surface area contributed by atoms with Crippen molar-refractivity contribution in [2.75, 3.05) is 12.4 Å². The van der Waals surface area contributed by atoms with Crippen LogP contribution in [0.1, 0.15) is 35.9 Å². The number of rotatable bonds is 7. The number of benzene rings is 3. The van der Waals surface area contributed by atoms with Gasteiger partial charge in [0.25, 0.3) is 11.6 Å². The highest BCUT2D eigenvalue weighted by Gasteiger charge is 2.21. The van der Waals surface area contributed by atoms with E-state index >= 15 is 0 Å². The number of nitrogens with zero attached hydrogens (tertiary/aromatic N) is 4. The van der Waals surface area contributed by atoms with Crippen LogP contribution in [-0.4, -0.2) is 32.9 Å². The van der Waals surface area contributed by atoms with E-state index in [2.05, 4.69) is 41.5 Å². The number of nitro benzene ring substituents is 1. The quantitative estimate of drug-likeness (QED) is 0.217. The minimum atomic E-state index is -0.527. The molecule has 0 saturated carbocycles. The molecule has 0 aliphatic rings. The van der Waals surface area contributed by atoms with Crippen molar-refractivity contribution >= 4 is 28.3 Å². The van der Waals surface area contributed by atoms with Crippen molar-refractivity contribution < 1.29 is 18.9 Å². The summed E-state index contributed by atoms with van der Waals surface area (Å²) in [6.45, 7) is 4.27. The first kappa shape index (κ1) is 23.7. The third-order valence-corrected chi connectivity index (χ3v) is 5.93. The van der Waals surface area contributed by atoms with Crippen molar-refractivity contribution in [1.82, 2.24) is 15.0 Å². The lowest BCUT2D eigenvalue weighted by Gasteiger charge is -2.05. The largest absolute Gasteiger partial charge is 0.497 e. The summed E-state index contributed by atoms with van der Waals surface area (Å²) in [5, 5.41) is 23.3. The molecule has 0 unspecified atom stereocenters. The van der Waals surface area contributed by atoms with Crippen LogP contribution in [0.4, 0.5) is 11.4 Å². The maximum Gasteiger partial charge on any atom is 0.291 e. The van der Waals surface area contributed by atoms with Crippen LogP contribution in [0.5, 0.6) is 5.75 Å². The molecule has 1 amide bonds. The van der Waals surface area contributed by atoms with Crippen LogP contribution >= 0.6 is 0 Å². The number of carbonyl (C=O) groups is 1. The molecule has 1 N–H and O–H groups in total. The van der Waals surface area contributed by atoms with Gasteiger partial charge in [0.15, 0.2) is 5.76 Å². The van der Waals surface area contributed by atoms with E-state index in [9.17, 15) is 14.9 Å². The average Bonchev–Trinajstić information content (AvgIpc) is 3.56. The average molecular weight is 498 g/mol. The Bertz CT molecular complexity index is 1620. The van der Waals surface area contributed by atoms with E-state index in [4.69, 9.17) is 9.15 Å². The highest BCUT2D eigenvalue weighted by molar-refractivity contribution is 6.03. The Morgan fingerprint density at radius 3 is 2.46 bits per heavy atom. The zero-order chi connectivity index (χ0) is 26.1. The molecule has 0 saturated heterocycles. The van der Waals surface area contributed by atoms with E-state index in [-0.39, 0.29) is 22.8 Å². The lowest BCUT2D eigenvalue weighted by molar-refractivity contribution is -0.384. The first-order valence-electron chi connectivity index (χ1n) is 11.5. The van der Waals surface area contributed by atoms with Gasteiger partial charge in [0, 0.05) is 5.69 Å². The summed E-state index contributed by atoms with van der Waals surface area (Å²) < 4.78 is 10.7. The van der Waals surface area contributed by atoms with E-state index in [1.165, 1.54) is 36.9 Å². The summed E-state index contributed by atoms with van der Waals surface area (Å²) >= 11 is 0. The number of aromatic nitrogens is 3. The minimum Gasteiger partial charge on any atom is -0.497 e. The number of hydrogen-bond donors (Lipinski definition) is 1. The van der Waals surface area contributed by atoms with E-state index in [0.717, 1.165) is 5.69 Å². The molecule has 0 atom stereocenters. The molecule has 3 aromatic carbocycles. The Balaban J connectivity index is 1.35. The number of nitro groups is 1. The van der Waals surface area contributed by atoms with Gasteiger partial charge < -0.3 is 14.5 Å². The summed E-state index contributed by atoms with van der Waals surface area (Å²) in [4.78, 5) is 25.4. The molecule has 0 fully saturated rings. The molecule has 10 nitrogen and oxygen atoms in total. The third-order valence-electron chi connectivity index (χ3n) is 5.93. The van der Waals surface area contributed by atoms with Gasteiger partial charge in [-0.3, -0.25) is 14.9 Å². The summed E-state index contributed by atoms with van der Waals surface area (Å²) in [5.41, 5.74) is 3.92. The van der Waals surface area contributed by atoms with E-state index < -0.39 is 10.8 Å². The number of methoxy groups -OCH3 is 1. The van der Waals surface area contributed by atoms with E-state index in [0.29, 0.717) is 28.4 Å². The first-order chi connectivity index (χ1) is 17.8. The van der Waals surface area contributed by atoms with Crippen LogP contribution in [0, 0.1) is 10.1 Å². The topological polar surface area (TPSA) is 125 Å². The van der Waals surface area contributed by atoms with Gasteiger partial charge in [0.1, 0.15) is 22.5 Å². The Kier molecular flexibility index (Phi) is 6.14. The second kappa shape index (κ2) is 9.57. The van der Waals surface area contributed by atoms with E-state index in [1.807, 2.05) is 12.1 Å². The summed E-state index contributed by atoms with van der Waals surface area (Å²) in [5.74, 6) is 0.482. The number of ether oxygens (including phenoxy) is 1. The Labute approximate surface area is 211 Å². The standard InChI is InChI=1S/C27H23N5O5/c1-16(2)17-4-7-19(8-5-17)31-29-22-11-6-18(14-23(22)30-31)28-27(33)26-13-12-25(37-26)21-10-9-20(36-3)15-24(21)32(34)35/h4-16H,1-3H3,(H,28,33). The number of fused-ring (bicyclic) bond motifs is 1. The molecule has 0 bridgehead atoms. The van der Waals surface area contributed by atoms with Crippen molar-refractivity contribution in [3.05, 3.63) is 94.2 Å². The maximum atomic E-state index is 12.8. The third kappa shape index (κ3) is 4.76. The molecule has 5 rings (SSSR count). The second-order valence-corrected chi connectivity index (χ2v) is 8.70. The summed E-state index contributed by atoms with van der Waals surface area (Å²) in [7, 11) is 1.43. The number of furan rings is 1. The van der Waals surface area contributed by atoms with Crippen molar-refractivity contribution in [2.45, 2.75) is 19.8 Å². The predicted molar refractivity (Wildman–Crippen MR) is 138 cm³/mol. The molecule has 0 aliphatic heterocycles. The highest BCUT2D eigenvalue weighted by Crippen LogP contribution is 2.34. The SMILES string of the molecule is COc1ccc(-c2ccc(C(=O)Nc3ccc4nn(-c5ccc(C(C)C)cc5)nc4c3)o2)c([N+](=O)[O-])c1. The monoisotopic (exact) mass is 497 g/mol. The fourth-order valence-electron chi connectivity index (χ4n) is 3.90. The van der Waals surface area contributed by atoms with Gasteiger partial charge in [0.05, 0.1) is 29.4 Å². The molecular formula is C27H23N5O5. The first-order valence-corrected chi connectivity index (χ1v) is 11.5. The van der Waals surface area contributed by atoms with Crippen LogP contribution in [0.3, 0.4) is 0 Å². The smallest absolute Gasteiger partial charge is 0.291 e. The fourth-order valence-corrected chi connectivity index (χ4v) is 3.90. The van der Waals surface area contributed by atoms with Gasteiger partial charge in [-0.1, -0.05) is 26.0 Å². The predicted octanol–water partition coefficient (Wildman–Crippen LogP) is 5.97. The van der Waals surface area contributed by atoms with Gasteiger partial charge in [0.2, 0.25) is 0 Å². The lowest BCUT2D eigenvalue weighted by Crippen LogP contribution is -2.10. The minimum absolute atomic E-state index is 0.00843. The Hall–Kier alpha value is -4.99. The zero-order valence-corrected chi connectivity index (χ0v) is 20.3. The summed E-state index contributed by atoms with van der Waals surface area (Å²) in [6, 6.07) is 20.7. The number of anilines is 1. The van der Waals surface area contributed by atoms with Gasteiger partial charge in [-0.2, -0.15) is 4.80 Å². The van der Waals surface area contributed by atoms with E-state index in [1.54, 1.807) is 29.1 Å². The van der Waals surface area contributed by atoms with Crippen LogP contribution < -0.4 is 10.1 Å². The van der Waals surface area contributed by atoms with Crippen molar-refractivity contribution in [3.63, 3.8) is 0 Å². The van der Waals surface area contributed by atoms with Crippen molar-refractivity contribution in [1.29, 1.82) is 0 Å². The number of hydrogen-bond acceptors (Lipinski definition) is 7. The van der Waals surface area contributed by atoms with Crippen LogP contribution in [-0.2, 0) is 0 Å². The van der Waals surface area contributed by atoms with Crippen LogP contribution in [0.15, 0.2) is 77.2 Å². The lowest BCUT2D eigenvalue weighted by atomic mass is 10.0. The molecule has 37 heavy (non-hydrogen) atoms. The van der Waals surface area contributed by atoms with Gasteiger partial charge in [-0.15, -0.1) is 10.2 Å². The van der Waals surface area contributed by atoms with Crippen molar-refractivity contribution in [2.24, 2.45) is 0 Å². The molecule has 2 heterocycles. The van der Waals surface area contributed by atoms with Gasteiger partial charge >= 0.3 is 0 Å². The molecule has 10 heteroatoms. The molecule has 186 valence electrons. The Morgan fingerprint density at radius 2 is 1.76 bits per heavy atom. The van der Waals surface area contributed by atoms with Crippen molar-refractivity contribution in [3.8, 4) is 22.8 Å². The summed E-state index contributed by atoms with van der Waals surface area (Å²) in [6.07, 6.45) is 0. The zero-order valence-electron chi connectivity index (χ0n) is 20.3. The number of carbonyl (C=O) groups excluding carboxylic acids is 1. The number of amides is 1. The molecule has 0 spiro atoms. The maximum absolute atomic E-state index is 12.8. The molecule has 0 aliphatic carbocycles. The fraction of sp³-hybridized carbons (Fsp3) is 0.148. The van der Waals surface area contributed by atoms with Gasteiger partial charge in [-0.25, -0.2) is 0 Å².